The summed E-state index contributed by atoms with van der Waals surface area (Å²) >= 11 is 1.60. The highest BCUT2D eigenvalue weighted by Crippen LogP contribution is 2.04. The lowest BCUT2D eigenvalue weighted by molar-refractivity contribution is -0.143. The maximum Gasteiger partial charge on any atom is 0.325 e. The second kappa shape index (κ2) is 10.4. The van der Waals surface area contributed by atoms with Crippen molar-refractivity contribution >= 4 is 39.8 Å². The first-order valence-corrected chi connectivity index (χ1v) is 8.21. The van der Waals surface area contributed by atoms with Gasteiger partial charge in [-0.1, -0.05) is 0 Å². The zero-order valence-corrected chi connectivity index (χ0v) is 12.6. The van der Waals surface area contributed by atoms with Gasteiger partial charge in [-0.05, 0) is 18.4 Å². The van der Waals surface area contributed by atoms with Crippen LogP contribution in [0.15, 0.2) is 0 Å². The molecule has 0 spiro atoms. The summed E-state index contributed by atoms with van der Waals surface area (Å²) in [5.74, 6) is -3.60. The van der Waals surface area contributed by atoms with E-state index in [9.17, 15) is 22.8 Å². The van der Waals surface area contributed by atoms with Gasteiger partial charge in [0.1, 0.15) is 6.04 Å². The second-order valence-corrected chi connectivity index (χ2v) is 6.25. The fourth-order valence-electron chi connectivity index (χ4n) is 0.847. The molecule has 0 aromatic heterocycles. The molecule has 6 N–H and O–H groups in total. The predicted molar refractivity (Wildman–Crippen MR) is 73.8 cm³/mol. The third-order valence-corrected chi connectivity index (χ3v) is 3.68. The van der Waals surface area contributed by atoms with Crippen molar-refractivity contribution in [2.24, 2.45) is 5.73 Å². The number of hydrogen-bond acceptors (Lipinski definition) is 7. The molecule has 0 aliphatic heterocycles. The molecule has 0 rings (SSSR count). The molecule has 0 aliphatic carbocycles. The lowest BCUT2D eigenvalue weighted by atomic mass is 10.2. The maximum absolute atomic E-state index is 10.2. The summed E-state index contributed by atoms with van der Waals surface area (Å²) in [5, 5.41) is 22.2. The van der Waals surface area contributed by atoms with Crippen molar-refractivity contribution in [1.29, 1.82) is 0 Å². The van der Waals surface area contributed by atoms with Crippen LogP contribution >= 0.6 is 11.8 Å². The van der Waals surface area contributed by atoms with E-state index in [1.807, 2.05) is 6.26 Å². The Kier molecular flexibility index (Phi) is 10.8. The Bertz CT molecular complexity index is 462. The van der Waals surface area contributed by atoms with Crippen LogP contribution in [0.5, 0.6) is 0 Å². The highest BCUT2D eigenvalue weighted by atomic mass is 32.2. The van der Waals surface area contributed by atoms with Crippen LogP contribution in [0.1, 0.15) is 12.8 Å². The van der Waals surface area contributed by atoms with Crippen molar-refractivity contribution in [2.45, 2.75) is 24.1 Å². The van der Waals surface area contributed by atoms with E-state index >= 15 is 0 Å². The van der Waals surface area contributed by atoms with Gasteiger partial charge in [-0.2, -0.15) is 20.2 Å². The van der Waals surface area contributed by atoms with Gasteiger partial charge < -0.3 is 21.1 Å². The maximum atomic E-state index is 10.2. The van der Waals surface area contributed by atoms with Gasteiger partial charge >= 0.3 is 17.9 Å². The van der Waals surface area contributed by atoms with Crippen LogP contribution in [0, 0.1) is 0 Å². The molecule has 0 radical (unpaired) electrons. The summed E-state index contributed by atoms with van der Waals surface area (Å²) in [6, 6.07) is -0.683. The van der Waals surface area contributed by atoms with E-state index in [1.165, 1.54) is 0 Å². The standard InChI is InChI=1S/C5H11NO2S.C4H6O7S/c1-9-3-2-4(6)5(7)8;5-3(6)1-2(4(7)8)12(9,10)11/h4H,2-3,6H2,1H3,(H,7,8);2H,1H2,(H,5,6)(H,7,8)(H,9,10,11). The van der Waals surface area contributed by atoms with Crippen LogP contribution in [0.2, 0.25) is 0 Å². The molecule has 124 valence electrons. The van der Waals surface area contributed by atoms with E-state index < -0.39 is 45.7 Å². The van der Waals surface area contributed by atoms with Gasteiger partial charge in [0.2, 0.25) is 0 Å². The Morgan fingerprint density at radius 3 is 1.81 bits per heavy atom. The molecule has 2 atom stereocenters. The van der Waals surface area contributed by atoms with E-state index in [0.29, 0.717) is 6.42 Å². The van der Waals surface area contributed by atoms with Crippen molar-refractivity contribution in [3.8, 4) is 0 Å². The summed E-state index contributed by atoms with van der Waals surface area (Å²) in [6.07, 6.45) is 1.32. The minimum absolute atomic E-state index is 0.552. The number of carboxylic acids is 3. The van der Waals surface area contributed by atoms with Gasteiger partial charge in [0.05, 0.1) is 6.42 Å². The van der Waals surface area contributed by atoms with Gasteiger partial charge in [0.25, 0.3) is 10.1 Å². The van der Waals surface area contributed by atoms with Crippen LogP contribution in [0.4, 0.5) is 0 Å². The Morgan fingerprint density at radius 2 is 1.62 bits per heavy atom. The Hall–Kier alpha value is -1.37. The molecule has 21 heavy (non-hydrogen) atoms. The fraction of sp³-hybridized carbons (Fsp3) is 0.667. The lowest BCUT2D eigenvalue weighted by Gasteiger charge is -2.04. The number of rotatable bonds is 8. The zero-order chi connectivity index (χ0) is 17.2. The topological polar surface area (TPSA) is 192 Å². The quantitative estimate of drug-likeness (QED) is 0.336. The molecule has 0 aromatic carbocycles. The Balaban J connectivity index is 0. The molecule has 0 bridgehead atoms. The SMILES string of the molecule is CSCCC(N)C(=O)O.O=C(O)CC(C(=O)O)S(=O)(=O)O. The summed E-state index contributed by atoms with van der Waals surface area (Å²) in [7, 11) is -4.84. The van der Waals surface area contributed by atoms with Gasteiger partial charge in [0.15, 0.2) is 5.25 Å². The smallest absolute Gasteiger partial charge is 0.325 e. The minimum atomic E-state index is -4.84. The number of carboxylic acid groups (broad SMARTS) is 3. The van der Waals surface area contributed by atoms with E-state index in [-0.39, 0.29) is 0 Å². The van der Waals surface area contributed by atoms with Crippen molar-refractivity contribution in [2.75, 3.05) is 12.0 Å². The average molecular weight is 347 g/mol. The molecule has 2 unspecified atom stereocenters. The van der Waals surface area contributed by atoms with Crippen LogP contribution in [-0.4, -0.2) is 69.5 Å². The van der Waals surface area contributed by atoms with Crippen LogP contribution < -0.4 is 5.73 Å². The fourth-order valence-corrected chi connectivity index (χ4v) is 1.94. The monoisotopic (exact) mass is 347 g/mol. The molecule has 0 aliphatic rings. The van der Waals surface area contributed by atoms with E-state index in [2.05, 4.69) is 0 Å². The lowest BCUT2D eigenvalue weighted by Crippen LogP contribution is -2.31. The van der Waals surface area contributed by atoms with Crippen LogP contribution in [-0.2, 0) is 24.5 Å². The Labute approximate surface area is 125 Å². The molecule has 0 heterocycles. The molecular weight excluding hydrogens is 330 g/mol. The van der Waals surface area contributed by atoms with E-state index in [4.69, 9.17) is 25.6 Å². The first-order chi connectivity index (χ1) is 9.43. The van der Waals surface area contributed by atoms with Gasteiger partial charge in [-0.15, -0.1) is 0 Å². The van der Waals surface area contributed by atoms with Crippen molar-refractivity contribution < 1.29 is 42.7 Å². The summed E-state index contributed by atoms with van der Waals surface area (Å²) in [6.45, 7) is 0. The van der Waals surface area contributed by atoms with Crippen molar-refractivity contribution in [1.82, 2.24) is 0 Å². The van der Waals surface area contributed by atoms with Gasteiger partial charge in [-0.3, -0.25) is 18.9 Å². The first-order valence-electron chi connectivity index (χ1n) is 5.31. The van der Waals surface area contributed by atoms with Gasteiger partial charge in [-0.25, -0.2) is 0 Å². The second-order valence-electron chi connectivity index (χ2n) is 3.67. The minimum Gasteiger partial charge on any atom is -0.481 e. The number of thioether (sulfide) groups is 1. The highest BCUT2D eigenvalue weighted by Gasteiger charge is 2.33. The molecule has 10 nitrogen and oxygen atoms in total. The number of nitrogens with two attached hydrogens (primary N) is 1. The number of carbonyl (C=O) groups is 3. The van der Waals surface area contributed by atoms with Crippen molar-refractivity contribution in [3.05, 3.63) is 0 Å². The highest BCUT2D eigenvalue weighted by molar-refractivity contribution is 7.98. The molecule has 12 heteroatoms. The largest absolute Gasteiger partial charge is 0.481 e. The third kappa shape index (κ3) is 12.1. The normalized spacial score (nSPS) is 13.5. The van der Waals surface area contributed by atoms with Gasteiger partial charge in [0, 0.05) is 0 Å². The number of aliphatic carboxylic acids is 3. The van der Waals surface area contributed by atoms with Crippen LogP contribution in [0.3, 0.4) is 0 Å². The molecular formula is C9H17NO9S2. The van der Waals surface area contributed by atoms with Crippen molar-refractivity contribution in [3.63, 3.8) is 0 Å². The average Bonchev–Trinajstić information content (AvgIpc) is 2.31. The van der Waals surface area contributed by atoms with E-state index in [1.54, 1.807) is 11.8 Å². The van der Waals surface area contributed by atoms with E-state index in [0.717, 1.165) is 5.75 Å². The Morgan fingerprint density at radius 1 is 1.14 bits per heavy atom. The molecule has 0 saturated heterocycles. The molecule has 0 fully saturated rings. The van der Waals surface area contributed by atoms with Crippen LogP contribution in [0.25, 0.3) is 0 Å². The molecule has 0 saturated carbocycles. The summed E-state index contributed by atoms with van der Waals surface area (Å²) in [4.78, 5) is 30.1. The molecule has 0 aromatic rings. The summed E-state index contributed by atoms with van der Waals surface area (Å²) < 4.78 is 28.7. The summed E-state index contributed by atoms with van der Waals surface area (Å²) in [5.41, 5.74) is 5.19. The predicted octanol–water partition coefficient (Wildman–Crippen LogP) is -1.05. The zero-order valence-electron chi connectivity index (χ0n) is 11.0. The third-order valence-electron chi connectivity index (χ3n) is 1.95. The number of hydrogen-bond donors (Lipinski definition) is 5. The first kappa shape index (κ1) is 21.9. The molecule has 0 amide bonds.